The molecule has 7 heteroatoms. The summed E-state index contributed by atoms with van der Waals surface area (Å²) in [5, 5.41) is 11.0. The molecular formula is C25H28ClN3O3. The molecule has 32 heavy (non-hydrogen) atoms. The maximum absolute atomic E-state index is 12.3. The average molecular weight is 454 g/mol. The minimum Gasteiger partial charge on any atom is -0.444 e. The van der Waals surface area contributed by atoms with Gasteiger partial charge in [0.05, 0.1) is 17.1 Å². The van der Waals surface area contributed by atoms with Crippen LogP contribution in [0.2, 0.25) is 5.02 Å². The van der Waals surface area contributed by atoms with Gasteiger partial charge in [-0.15, -0.1) is 0 Å². The Morgan fingerprint density at radius 3 is 2.47 bits per heavy atom. The molecule has 1 aromatic heterocycles. The zero-order chi connectivity index (χ0) is 22.9. The molecule has 1 fully saturated rings. The van der Waals surface area contributed by atoms with Crippen LogP contribution in [0.4, 0.5) is 10.6 Å². The molecule has 1 aliphatic rings. The van der Waals surface area contributed by atoms with E-state index in [1.54, 1.807) is 4.90 Å². The number of aromatic nitrogens is 1. The van der Waals surface area contributed by atoms with Crippen LogP contribution >= 0.6 is 11.6 Å². The summed E-state index contributed by atoms with van der Waals surface area (Å²) in [6, 6.07) is 15.9. The number of rotatable bonds is 3. The molecule has 0 atom stereocenters. The highest BCUT2D eigenvalue weighted by atomic mass is 35.5. The lowest BCUT2D eigenvalue weighted by Crippen LogP contribution is -2.50. The van der Waals surface area contributed by atoms with Crippen molar-refractivity contribution >= 4 is 34.4 Å². The van der Waals surface area contributed by atoms with Crippen LogP contribution in [0.3, 0.4) is 0 Å². The Balaban J connectivity index is 1.52. The Kier molecular flexibility index (Phi) is 6.26. The third-order valence-electron chi connectivity index (χ3n) is 5.42. The number of pyridine rings is 1. The summed E-state index contributed by atoms with van der Waals surface area (Å²) in [5.41, 5.74) is 3.32. The molecule has 2 aromatic carbocycles. The number of halogens is 1. The average Bonchev–Trinajstić information content (AvgIpc) is 2.77. The van der Waals surface area contributed by atoms with Gasteiger partial charge in [-0.05, 0) is 61.7 Å². The fourth-order valence-corrected chi connectivity index (χ4v) is 4.10. The Morgan fingerprint density at radius 2 is 1.78 bits per heavy atom. The van der Waals surface area contributed by atoms with Gasteiger partial charge in [-0.2, -0.15) is 0 Å². The molecule has 168 valence electrons. The van der Waals surface area contributed by atoms with E-state index in [4.69, 9.17) is 21.3 Å². The van der Waals surface area contributed by atoms with E-state index >= 15 is 0 Å². The van der Waals surface area contributed by atoms with Crippen LogP contribution in [-0.4, -0.2) is 52.9 Å². The fourth-order valence-electron chi connectivity index (χ4n) is 3.82. The highest BCUT2D eigenvalue weighted by molar-refractivity contribution is 6.33. The molecule has 0 saturated carbocycles. The van der Waals surface area contributed by atoms with E-state index in [0.717, 1.165) is 33.4 Å². The number of aliphatic hydroxyl groups excluding tert-OH is 1. The SMILES string of the molecule is CC(C)(C)OC(=O)N1CCN(c2nc3ccc(-c4cccc(CO)c4)cc3cc2Cl)CC1. The molecule has 0 unspecified atom stereocenters. The van der Waals surface area contributed by atoms with Crippen LogP contribution in [0.25, 0.3) is 22.0 Å². The standard InChI is InChI=1S/C25H28ClN3O3/c1-25(2,3)32-24(31)29-11-9-28(10-12-29)23-21(26)15-20-14-19(7-8-22(20)27-23)18-6-4-5-17(13-18)16-30/h4-8,13-15,30H,9-12,16H2,1-3H3. The van der Waals surface area contributed by atoms with Crippen LogP contribution in [0.5, 0.6) is 0 Å². The summed E-state index contributed by atoms with van der Waals surface area (Å²) >= 11 is 6.63. The fraction of sp³-hybridized carbons (Fsp3) is 0.360. The predicted molar refractivity (Wildman–Crippen MR) is 128 cm³/mol. The summed E-state index contributed by atoms with van der Waals surface area (Å²) in [4.78, 5) is 21.0. The van der Waals surface area contributed by atoms with Crippen molar-refractivity contribution in [2.75, 3.05) is 31.1 Å². The van der Waals surface area contributed by atoms with Crippen molar-refractivity contribution in [1.29, 1.82) is 0 Å². The topological polar surface area (TPSA) is 65.9 Å². The number of amides is 1. The summed E-state index contributed by atoms with van der Waals surface area (Å²) in [7, 11) is 0. The number of hydrogen-bond donors (Lipinski definition) is 1. The third-order valence-corrected chi connectivity index (χ3v) is 5.70. The lowest BCUT2D eigenvalue weighted by Gasteiger charge is -2.36. The minimum atomic E-state index is -0.504. The van der Waals surface area contributed by atoms with Gasteiger partial charge >= 0.3 is 6.09 Å². The molecule has 0 aliphatic carbocycles. The molecule has 1 aliphatic heterocycles. The quantitative estimate of drug-likeness (QED) is 0.597. The van der Waals surface area contributed by atoms with E-state index in [1.165, 1.54) is 0 Å². The Labute approximate surface area is 193 Å². The highest BCUT2D eigenvalue weighted by Gasteiger charge is 2.27. The zero-order valence-corrected chi connectivity index (χ0v) is 19.4. The number of ether oxygens (including phenoxy) is 1. The van der Waals surface area contributed by atoms with Gasteiger partial charge in [0.2, 0.25) is 0 Å². The zero-order valence-electron chi connectivity index (χ0n) is 18.6. The molecule has 0 radical (unpaired) electrons. The number of hydrogen-bond acceptors (Lipinski definition) is 5. The van der Waals surface area contributed by atoms with Gasteiger partial charge < -0.3 is 19.6 Å². The second-order valence-corrected chi connectivity index (χ2v) is 9.42. The smallest absolute Gasteiger partial charge is 0.410 e. The normalized spacial score (nSPS) is 14.7. The van der Waals surface area contributed by atoms with Crippen molar-refractivity contribution < 1.29 is 14.6 Å². The van der Waals surface area contributed by atoms with Gasteiger partial charge in [-0.3, -0.25) is 0 Å². The van der Waals surface area contributed by atoms with Crippen molar-refractivity contribution in [2.45, 2.75) is 33.0 Å². The van der Waals surface area contributed by atoms with E-state index in [9.17, 15) is 9.90 Å². The summed E-state index contributed by atoms with van der Waals surface area (Å²) in [6.07, 6.45) is -0.285. The van der Waals surface area contributed by atoms with Gasteiger partial charge in [0.15, 0.2) is 0 Å². The lowest BCUT2D eigenvalue weighted by molar-refractivity contribution is 0.0240. The molecule has 0 bridgehead atoms. The molecule has 4 rings (SSSR count). The van der Waals surface area contributed by atoms with Crippen LogP contribution in [0, 0.1) is 0 Å². The van der Waals surface area contributed by atoms with Crippen LogP contribution in [0.15, 0.2) is 48.5 Å². The highest BCUT2D eigenvalue weighted by Crippen LogP contribution is 2.31. The van der Waals surface area contributed by atoms with Crippen LogP contribution < -0.4 is 4.90 Å². The Hall–Kier alpha value is -2.83. The van der Waals surface area contributed by atoms with E-state index in [0.29, 0.717) is 31.2 Å². The number of benzene rings is 2. The van der Waals surface area contributed by atoms with E-state index in [1.807, 2.05) is 63.2 Å². The van der Waals surface area contributed by atoms with Gasteiger partial charge in [0.25, 0.3) is 0 Å². The van der Waals surface area contributed by atoms with Crippen molar-refractivity contribution in [3.05, 3.63) is 59.1 Å². The van der Waals surface area contributed by atoms with Crippen LogP contribution in [0.1, 0.15) is 26.3 Å². The Bertz CT molecular complexity index is 1130. The Morgan fingerprint density at radius 1 is 1.06 bits per heavy atom. The number of anilines is 1. The number of fused-ring (bicyclic) bond motifs is 1. The van der Waals surface area contributed by atoms with Crippen molar-refractivity contribution in [1.82, 2.24) is 9.88 Å². The monoisotopic (exact) mass is 453 g/mol. The second-order valence-electron chi connectivity index (χ2n) is 9.01. The molecule has 6 nitrogen and oxygen atoms in total. The number of piperazine rings is 1. The third kappa shape index (κ3) is 4.97. The molecule has 3 aromatic rings. The molecule has 2 heterocycles. The molecule has 1 amide bonds. The number of carbonyl (C=O) groups excluding carboxylic acids is 1. The first-order valence-corrected chi connectivity index (χ1v) is 11.1. The summed E-state index contributed by atoms with van der Waals surface area (Å²) in [6.45, 7) is 8.03. The maximum Gasteiger partial charge on any atom is 0.410 e. The number of carbonyl (C=O) groups is 1. The van der Waals surface area contributed by atoms with Crippen molar-refractivity contribution in [3.63, 3.8) is 0 Å². The van der Waals surface area contributed by atoms with Gasteiger partial charge in [-0.25, -0.2) is 9.78 Å². The molecular weight excluding hydrogens is 426 g/mol. The number of nitrogens with zero attached hydrogens (tertiary/aromatic N) is 3. The van der Waals surface area contributed by atoms with E-state index in [-0.39, 0.29) is 12.7 Å². The lowest BCUT2D eigenvalue weighted by atomic mass is 10.0. The first kappa shape index (κ1) is 22.4. The maximum atomic E-state index is 12.3. The largest absolute Gasteiger partial charge is 0.444 e. The second kappa shape index (κ2) is 8.96. The van der Waals surface area contributed by atoms with Gasteiger partial charge in [0, 0.05) is 31.6 Å². The summed E-state index contributed by atoms with van der Waals surface area (Å²) in [5.74, 6) is 0.734. The predicted octanol–water partition coefficient (Wildman–Crippen LogP) is 5.10. The molecule has 1 saturated heterocycles. The number of aliphatic hydroxyl groups is 1. The van der Waals surface area contributed by atoms with Crippen molar-refractivity contribution in [2.24, 2.45) is 0 Å². The van der Waals surface area contributed by atoms with E-state index in [2.05, 4.69) is 11.0 Å². The van der Waals surface area contributed by atoms with Crippen LogP contribution in [-0.2, 0) is 11.3 Å². The summed E-state index contributed by atoms with van der Waals surface area (Å²) < 4.78 is 5.47. The van der Waals surface area contributed by atoms with E-state index < -0.39 is 5.60 Å². The van der Waals surface area contributed by atoms with Gasteiger partial charge in [-0.1, -0.05) is 35.9 Å². The molecule has 0 spiro atoms. The molecule has 1 N–H and O–H groups in total. The van der Waals surface area contributed by atoms with Crippen molar-refractivity contribution in [3.8, 4) is 11.1 Å². The first-order chi connectivity index (χ1) is 15.2. The van der Waals surface area contributed by atoms with Gasteiger partial charge in [0.1, 0.15) is 11.4 Å². The minimum absolute atomic E-state index is 0.0132. The first-order valence-electron chi connectivity index (χ1n) is 10.8.